The molecule has 33 nitrogen and oxygen atoms in total. The standard InChI is InChI=1S/C62H83N16O17P/c1-33(2)26-46(55(85)70-44(16-11-25-67-61(65)66-5)54(84)71-45(53(64)83)30-39-32-68-43-15-10-9-14-42(39)43)75-62(91)78-77-59(89)49(27-36-12-7-6-8-13-36)74-60(90)52(34(3)79)76-58(88)50(31-51(63)82)73-57(87)48(29-38-19-23-41(24-20-38)95-96(92,93)94)72-56(86)47(69-35(4)80)28-37-17-21-40(81)22-18-37/h6-10,12-15,17-24,32-34,44-50,52,68,79,81H,11,16,25-31H2,1-5H3,(H2,63,82)(H2,64,83)(H,69,80)(H,70,85)(H,71,84)(H,72,86)(H,73,87)(H,74,90)(H,76,88)(H,77,89)(H3,65,66,67)(H2,75,78,91)(H2,92,93,94)/t34-,44+,45+,46+,47-,48+,49+,50+,52+/m1/s1. The summed E-state index contributed by atoms with van der Waals surface area (Å²) >= 11 is 0. The van der Waals surface area contributed by atoms with Crippen molar-refractivity contribution in [2.24, 2.45) is 28.1 Å². The van der Waals surface area contributed by atoms with E-state index in [1.165, 1.54) is 43.4 Å². The van der Waals surface area contributed by atoms with Crippen molar-refractivity contribution in [2.45, 2.75) is 134 Å². The summed E-state index contributed by atoms with van der Waals surface area (Å²) in [7, 11) is -3.53. The zero-order valence-electron chi connectivity index (χ0n) is 53.3. The summed E-state index contributed by atoms with van der Waals surface area (Å²) in [4.78, 5) is 176. The number of aromatic hydroxyl groups is 1. The molecule has 96 heavy (non-hydrogen) atoms. The maximum absolute atomic E-state index is 14.4. The summed E-state index contributed by atoms with van der Waals surface area (Å²) in [6, 6.07) is 12.4. The molecule has 518 valence electrons. The van der Waals surface area contributed by atoms with E-state index < -0.39 is 140 Å². The predicted molar refractivity (Wildman–Crippen MR) is 348 cm³/mol. The van der Waals surface area contributed by atoms with Crippen molar-refractivity contribution in [1.82, 2.24) is 63.7 Å². The van der Waals surface area contributed by atoms with Gasteiger partial charge >= 0.3 is 13.9 Å². The van der Waals surface area contributed by atoms with Crippen LogP contribution in [0, 0.1) is 5.92 Å². The zero-order chi connectivity index (χ0) is 70.8. The smallest absolute Gasteiger partial charge is 0.508 e. The number of phenolic OH excluding ortho intramolecular Hbond substituents is 1. The number of amides is 12. The Morgan fingerprint density at radius 1 is 0.573 bits per heavy atom. The van der Waals surface area contributed by atoms with Crippen LogP contribution in [-0.4, -0.2) is 164 Å². The van der Waals surface area contributed by atoms with E-state index in [9.17, 15) is 77.3 Å². The molecule has 5 aromatic rings. The molecule has 5 rings (SSSR count). The monoisotopic (exact) mass is 1350 g/mol. The first-order valence-corrected chi connectivity index (χ1v) is 31.8. The Kier molecular flexibility index (Phi) is 29.1. The molecule has 0 fully saturated rings. The van der Waals surface area contributed by atoms with Crippen molar-refractivity contribution in [1.29, 1.82) is 0 Å². The largest absolute Gasteiger partial charge is 0.524 e. The van der Waals surface area contributed by atoms with E-state index in [4.69, 9.17) is 17.2 Å². The number of carbonyl (C=O) groups excluding carboxylic acids is 11. The number of nitrogens with two attached hydrogens (primary N) is 3. The first kappa shape index (κ1) is 76.1. The fourth-order valence-electron chi connectivity index (χ4n) is 9.79. The van der Waals surface area contributed by atoms with Gasteiger partial charge in [0, 0.05) is 63.3 Å². The average Bonchev–Trinajstić information content (AvgIpc) is 1.62. The molecule has 9 atom stereocenters. The van der Waals surface area contributed by atoms with Crippen LogP contribution in [0.3, 0.4) is 0 Å². The van der Waals surface area contributed by atoms with Gasteiger partial charge in [-0.3, -0.25) is 68.2 Å². The minimum absolute atomic E-state index is 0.00287. The van der Waals surface area contributed by atoms with Crippen molar-refractivity contribution < 1.29 is 81.8 Å². The lowest BCUT2D eigenvalue weighted by molar-refractivity contribution is -0.137. The van der Waals surface area contributed by atoms with E-state index >= 15 is 0 Å². The number of nitrogens with one attached hydrogen (secondary N) is 12. The first-order chi connectivity index (χ1) is 45.4. The van der Waals surface area contributed by atoms with Gasteiger partial charge in [0.15, 0.2) is 5.96 Å². The molecule has 0 unspecified atom stereocenters. The molecule has 12 amide bonds. The lowest BCUT2D eigenvalue weighted by atomic mass is 10.0. The van der Waals surface area contributed by atoms with Gasteiger partial charge in [-0.15, -0.1) is 0 Å². The number of aliphatic hydroxyl groups excluding tert-OH is 1. The number of phosphoric acid groups is 1. The maximum atomic E-state index is 14.4. The quantitative estimate of drug-likeness (QED) is 0.00675. The second kappa shape index (κ2) is 36.7. The number of hydrogen-bond donors (Lipinski definition) is 19. The molecule has 34 heteroatoms. The Morgan fingerprint density at radius 2 is 1.08 bits per heavy atom. The van der Waals surface area contributed by atoms with Crippen molar-refractivity contribution in [2.75, 3.05) is 13.6 Å². The number of phosphoric ester groups is 1. The molecule has 0 aliphatic heterocycles. The first-order valence-electron chi connectivity index (χ1n) is 30.3. The summed E-state index contributed by atoms with van der Waals surface area (Å²) in [6.07, 6.45) is -1.63. The number of guanidine groups is 1. The van der Waals surface area contributed by atoms with Crippen LogP contribution in [0.5, 0.6) is 11.5 Å². The fourth-order valence-corrected chi connectivity index (χ4v) is 10.2. The topological polar surface area (TPSA) is 534 Å². The number of carbonyl (C=O) groups is 11. The van der Waals surface area contributed by atoms with E-state index in [0.29, 0.717) is 16.7 Å². The Bertz CT molecular complexity index is 3610. The summed E-state index contributed by atoms with van der Waals surface area (Å²) < 4.78 is 16.1. The van der Waals surface area contributed by atoms with Crippen molar-refractivity contribution in [3.05, 3.63) is 132 Å². The van der Waals surface area contributed by atoms with Gasteiger partial charge in [0.25, 0.3) is 5.91 Å². The number of rotatable bonds is 35. The number of aromatic nitrogens is 1. The number of urea groups is 1. The van der Waals surface area contributed by atoms with Gasteiger partial charge in [0.2, 0.25) is 53.2 Å². The summed E-state index contributed by atoms with van der Waals surface area (Å²) in [5.74, 6) is -10.4. The van der Waals surface area contributed by atoms with Gasteiger partial charge in [-0.25, -0.2) is 14.8 Å². The number of fused-ring (bicyclic) bond motifs is 1. The third-order valence-corrected chi connectivity index (χ3v) is 15.0. The van der Waals surface area contributed by atoms with E-state index in [2.05, 4.69) is 73.2 Å². The molecule has 0 saturated carbocycles. The minimum atomic E-state index is -5.00. The number of hydrazine groups is 1. The number of para-hydroxylation sites is 1. The fraction of sp³-hybridized carbons (Fsp3) is 0.387. The van der Waals surface area contributed by atoms with Crippen LogP contribution < -0.4 is 80.4 Å². The van der Waals surface area contributed by atoms with Crippen LogP contribution in [0.4, 0.5) is 4.79 Å². The molecule has 1 heterocycles. The number of aromatic amines is 1. The van der Waals surface area contributed by atoms with E-state index in [1.807, 2.05) is 24.3 Å². The molecule has 0 radical (unpaired) electrons. The number of benzene rings is 4. The molecule has 0 aliphatic carbocycles. The van der Waals surface area contributed by atoms with Crippen LogP contribution in [0.2, 0.25) is 0 Å². The Balaban J connectivity index is 1.32. The van der Waals surface area contributed by atoms with E-state index in [0.717, 1.165) is 36.9 Å². The number of hydrogen-bond acceptors (Lipinski definition) is 16. The van der Waals surface area contributed by atoms with Gasteiger partial charge < -0.3 is 84.8 Å². The highest BCUT2D eigenvalue weighted by Crippen LogP contribution is 2.37. The molecule has 1 aromatic heterocycles. The van der Waals surface area contributed by atoms with Crippen molar-refractivity contribution >= 4 is 89.8 Å². The van der Waals surface area contributed by atoms with E-state index in [-0.39, 0.29) is 74.0 Å². The Labute approximate surface area is 551 Å². The number of aliphatic imine (C=N–C) groups is 1. The average molecular weight is 1360 g/mol. The van der Waals surface area contributed by atoms with Gasteiger partial charge in [0.1, 0.15) is 59.8 Å². The summed E-state index contributed by atoms with van der Waals surface area (Å²) in [6.45, 7) is 5.95. The third-order valence-electron chi connectivity index (χ3n) is 14.5. The summed E-state index contributed by atoms with van der Waals surface area (Å²) in [5.41, 5.74) is 24.1. The number of nitrogens with zero attached hydrogens (tertiary/aromatic N) is 1. The molecule has 0 spiro atoms. The third kappa shape index (κ3) is 25.7. The molecule has 0 bridgehead atoms. The Hall–Kier alpha value is -10.6. The van der Waals surface area contributed by atoms with Gasteiger partial charge in [-0.1, -0.05) is 86.6 Å². The SMILES string of the molecule is CN=C(N)NCCC[C@H](NC(=O)[C@H](CC(C)C)NC(=O)NNC(=O)[C@H](Cc1ccccc1)NC(=O)[C@@H](NC(=O)[C@H](CC(N)=O)NC(=O)[C@H](Cc1ccc(OP(=O)(O)O)cc1)NC(=O)[C@@H](Cc1ccc(O)cc1)NC(C)=O)[C@@H](C)O)C(=O)N[C@@H](Cc1c[nH]c2ccccc12)C(N)=O. The number of H-pyrrole nitrogens is 1. The molecular formula is C62H83N16O17P. The normalized spacial score (nSPS) is 14.2. The Morgan fingerprint density at radius 3 is 1.66 bits per heavy atom. The number of aliphatic hydroxyl groups is 1. The van der Waals surface area contributed by atoms with Gasteiger partial charge in [0.05, 0.1) is 12.5 Å². The molecule has 0 aliphatic rings. The van der Waals surface area contributed by atoms with Crippen molar-refractivity contribution in [3.63, 3.8) is 0 Å². The minimum Gasteiger partial charge on any atom is -0.508 e. The van der Waals surface area contributed by atoms with E-state index in [1.54, 1.807) is 50.4 Å². The van der Waals surface area contributed by atoms with Crippen LogP contribution in [0.15, 0.2) is 114 Å². The van der Waals surface area contributed by atoms with Crippen LogP contribution in [0.25, 0.3) is 10.9 Å². The summed E-state index contributed by atoms with van der Waals surface area (Å²) in [5, 5.41) is 44.4. The predicted octanol–water partition coefficient (Wildman–Crippen LogP) is -2.17. The number of primary amides is 2. The molecule has 22 N–H and O–H groups in total. The van der Waals surface area contributed by atoms with Gasteiger partial charge in [-0.2, -0.15) is 0 Å². The zero-order valence-corrected chi connectivity index (χ0v) is 54.1. The molecular weight excluding hydrogens is 1270 g/mol. The molecule has 0 saturated heterocycles. The number of phenols is 1. The second-order valence-corrected chi connectivity index (χ2v) is 24.0. The lowest BCUT2D eigenvalue weighted by Crippen LogP contribution is -2.62. The highest BCUT2D eigenvalue weighted by Gasteiger charge is 2.36. The van der Waals surface area contributed by atoms with Crippen LogP contribution in [-0.2, 0) is 78.2 Å². The molecule has 4 aromatic carbocycles. The highest BCUT2D eigenvalue weighted by molar-refractivity contribution is 7.46. The maximum Gasteiger partial charge on any atom is 0.524 e. The van der Waals surface area contributed by atoms with Gasteiger partial charge in [-0.05, 0) is 84.7 Å². The highest BCUT2D eigenvalue weighted by atomic mass is 31.2. The second-order valence-electron chi connectivity index (χ2n) is 22.9. The van der Waals surface area contributed by atoms with Crippen molar-refractivity contribution in [3.8, 4) is 11.5 Å². The van der Waals surface area contributed by atoms with Crippen LogP contribution in [0.1, 0.15) is 75.6 Å². The van der Waals surface area contributed by atoms with Crippen LogP contribution >= 0.6 is 7.82 Å². The lowest BCUT2D eigenvalue weighted by Gasteiger charge is -2.28.